The Bertz CT molecular complexity index is 814. The largest absolute Gasteiger partial charge is 0.506 e. The average Bonchev–Trinajstić information content (AvgIpc) is 2.96. The van der Waals surface area contributed by atoms with Crippen molar-refractivity contribution in [3.63, 3.8) is 0 Å². The molecule has 142 valence electrons. The number of pyridine rings is 1. The third-order valence-corrected chi connectivity index (χ3v) is 5.91. The van der Waals surface area contributed by atoms with E-state index in [1.807, 2.05) is 12.3 Å². The maximum atomic E-state index is 13.0. The lowest BCUT2D eigenvalue weighted by Crippen LogP contribution is -2.48. The van der Waals surface area contributed by atoms with Crippen LogP contribution in [0.25, 0.3) is 0 Å². The van der Waals surface area contributed by atoms with Crippen LogP contribution in [-0.4, -0.2) is 51.5 Å². The number of fused-ring (bicyclic) bond motifs is 4. The van der Waals surface area contributed by atoms with Crippen molar-refractivity contribution in [3.05, 3.63) is 58.9 Å². The second kappa shape index (κ2) is 7.87. The van der Waals surface area contributed by atoms with Gasteiger partial charge in [0.05, 0.1) is 11.4 Å². The summed E-state index contributed by atoms with van der Waals surface area (Å²) in [5.74, 6) is 0.718. The third kappa shape index (κ3) is 4.25. The maximum Gasteiger partial charge on any atom is 0.227 e. The molecule has 5 nitrogen and oxygen atoms in total. The van der Waals surface area contributed by atoms with Gasteiger partial charge in [-0.05, 0) is 48.1 Å². The summed E-state index contributed by atoms with van der Waals surface area (Å²) in [5, 5.41) is 9.85. The van der Waals surface area contributed by atoms with E-state index in [1.54, 1.807) is 24.4 Å². The quantitative estimate of drug-likeness (QED) is 0.878. The second-order valence-electron chi connectivity index (χ2n) is 7.66. The number of hydrogen-bond acceptors (Lipinski definition) is 4. The van der Waals surface area contributed by atoms with Crippen molar-refractivity contribution in [3.8, 4) is 5.75 Å². The van der Waals surface area contributed by atoms with Gasteiger partial charge in [-0.25, -0.2) is 0 Å². The van der Waals surface area contributed by atoms with E-state index in [4.69, 9.17) is 11.6 Å². The number of phenols is 1. The predicted octanol–water partition coefficient (Wildman–Crippen LogP) is 3.11. The summed E-state index contributed by atoms with van der Waals surface area (Å²) in [5.41, 5.74) is 2.06. The lowest BCUT2D eigenvalue weighted by Gasteiger charge is -2.36. The lowest BCUT2D eigenvalue weighted by molar-refractivity contribution is -0.134. The minimum Gasteiger partial charge on any atom is -0.506 e. The Morgan fingerprint density at radius 2 is 2.07 bits per heavy atom. The number of piperidine rings is 1. The second-order valence-corrected chi connectivity index (χ2v) is 8.07. The normalized spacial score (nSPS) is 22.6. The molecular weight excluding hydrogens is 362 g/mol. The first-order chi connectivity index (χ1) is 13.1. The van der Waals surface area contributed by atoms with Gasteiger partial charge >= 0.3 is 0 Å². The molecule has 1 aromatic carbocycles. The number of nitrogens with zero attached hydrogens (tertiary/aromatic N) is 3. The van der Waals surface area contributed by atoms with Crippen LogP contribution in [0.2, 0.25) is 5.02 Å². The molecule has 4 heterocycles. The molecule has 2 bridgehead atoms. The van der Waals surface area contributed by atoms with Gasteiger partial charge in [-0.3, -0.25) is 14.7 Å². The zero-order chi connectivity index (χ0) is 18.8. The number of halogens is 1. The summed E-state index contributed by atoms with van der Waals surface area (Å²) < 4.78 is 0. The lowest BCUT2D eigenvalue weighted by atomic mass is 9.94. The van der Waals surface area contributed by atoms with Crippen LogP contribution >= 0.6 is 11.6 Å². The number of rotatable bonds is 4. The molecule has 2 aromatic rings. The first-order valence-electron chi connectivity index (χ1n) is 9.46. The molecule has 5 rings (SSSR count). The molecule has 1 aromatic heterocycles. The van der Waals surface area contributed by atoms with E-state index in [2.05, 4.69) is 20.9 Å². The number of carbonyl (C=O) groups is 1. The van der Waals surface area contributed by atoms with E-state index in [9.17, 15) is 9.90 Å². The van der Waals surface area contributed by atoms with E-state index in [1.165, 1.54) is 12.0 Å². The molecule has 0 radical (unpaired) electrons. The first kappa shape index (κ1) is 18.3. The van der Waals surface area contributed by atoms with Gasteiger partial charge < -0.3 is 10.0 Å². The number of aromatic hydroxyl groups is 1. The highest BCUT2D eigenvalue weighted by Crippen LogP contribution is 2.30. The monoisotopic (exact) mass is 385 g/mol. The maximum absolute atomic E-state index is 13.0. The Balaban J connectivity index is 1.43. The summed E-state index contributed by atoms with van der Waals surface area (Å²) >= 11 is 5.98. The Hall–Kier alpha value is -2.11. The number of carbonyl (C=O) groups excluding carboxylic acids is 1. The fourth-order valence-electron chi connectivity index (χ4n) is 4.30. The number of aromatic nitrogens is 1. The number of phenolic OH excluding ortho intramolecular Hbond substituents is 1. The summed E-state index contributed by atoms with van der Waals surface area (Å²) in [7, 11) is 0. The molecule has 0 spiro atoms. The summed E-state index contributed by atoms with van der Waals surface area (Å²) in [6.45, 7) is 3.66. The van der Waals surface area contributed by atoms with Crippen LogP contribution in [0.15, 0.2) is 42.7 Å². The van der Waals surface area contributed by atoms with Crippen molar-refractivity contribution < 1.29 is 9.90 Å². The number of amides is 1. The van der Waals surface area contributed by atoms with Gasteiger partial charge in [0, 0.05) is 44.6 Å². The van der Waals surface area contributed by atoms with E-state index in [0.717, 1.165) is 38.2 Å². The van der Waals surface area contributed by atoms with Crippen LogP contribution in [0.5, 0.6) is 5.75 Å². The molecule has 27 heavy (non-hydrogen) atoms. The van der Waals surface area contributed by atoms with Gasteiger partial charge in [0.2, 0.25) is 5.91 Å². The topological polar surface area (TPSA) is 56.7 Å². The van der Waals surface area contributed by atoms with Gasteiger partial charge in [-0.2, -0.15) is 0 Å². The standard InChI is InChI=1S/C21H24ClN3O2/c22-19-8-15(4-6-20(19)26)9-21(27)25-13-17-3-5-18(25)14-24(12-17)11-16-2-1-7-23-10-16/h1-2,4,6-8,10,17-18,26H,3,5,9,11-14H2/t17-,18+/m0/s1. The van der Waals surface area contributed by atoms with Gasteiger partial charge in [0.25, 0.3) is 0 Å². The van der Waals surface area contributed by atoms with E-state index >= 15 is 0 Å². The molecule has 2 atom stereocenters. The molecule has 6 heteroatoms. The van der Waals surface area contributed by atoms with Crippen molar-refractivity contribution in [2.24, 2.45) is 5.92 Å². The smallest absolute Gasteiger partial charge is 0.227 e. The van der Waals surface area contributed by atoms with Crippen molar-refractivity contribution in [1.82, 2.24) is 14.8 Å². The van der Waals surface area contributed by atoms with Crippen LogP contribution in [0, 0.1) is 5.92 Å². The predicted molar refractivity (Wildman–Crippen MR) is 105 cm³/mol. The van der Waals surface area contributed by atoms with E-state index < -0.39 is 0 Å². The Morgan fingerprint density at radius 1 is 1.19 bits per heavy atom. The molecule has 0 saturated carbocycles. The summed E-state index contributed by atoms with van der Waals surface area (Å²) in [6, 6.07) is 9.34. The fraction of sp³-hybridized carbons (Fsp3) is 0.429. The van der Waals surface area contributed by atoms with Crippen LogP contribution in [0.4, 0.5) is 0 Å². The Morgan fingerprint density at radius 3 is 2.85 bits per heavy atom. The van der Waals surface area contributed by atoms with Crippen molar-refractivity contribution in [1.29, 1.82) is 0 Å². The van der Waals surface area contributed by atoms with Gasteiger partial charge in [-0.1, -0.05) is 23.7 Å². The minimum absolute atomic E-state index is 0.0488. The molecule has 3 fully saturated rings. The zero-order valence-electron chi connectivity index (χ0n) is 15.2. The Labute approximate surface area is 164 Å². The number of benzene rings is 1. The molecule has 1 amide bonds. The molecule has 1 N–H and O–H groups in total. The van der Waals surface area contributed by atoms with Gasteiger partial charge in [0.1, 0.15) is 5.75 Å². The van der Waals surface area contributed by atoms with Crippen molar-refractivity contribution in [2.45, 2.75) is 31.8 Å². The van der Waals surface area contributed by atoms with E-state index in [-0.39, 0.29) is 17.7 Å². The number of hydrogen-bond donors (Lipinski definition) is 1. The zero-order valence-corrected chi connectivity index (χ0v) is 16.0. The van der Waals surface area contributed by atoms with Crippen molar-refractivity contribution >= 4 is 17.5 Å². The van der Waals surface area contributed by atoms with Crippen LogP contribution < -0.4 is 0 Å². The van der Waals surface area contributed by atoms with Crippen LogP contribution in [0.3, 0.4) is 0 Å². The molecule has 0 unspecified atom stereocenters. The van der Waals surface area contributed by atoms with Gasteiger partial charge in [-0.15, -0.1) is 0 Å². The Kier molecular flexibility index (Phi) is 5.32. The summed E-state index contributed by atoms with van der Waals surface area (Å²) in [4.78, 5) is 21.7. The van der Waals surface area contributed by atoms with Crippen molar-refractivity contribution in [2.75, 3.05) is 19.6 Å². The fourth-order valence-corrected chi connectivity index (χ4v) is 4.50. The molecular formula is C21H24ClN3O2. The van der Waals surface area contributed by atoms with Crippen LogP contribution in [0.1, 0.15) is 24.0 Å². The minimum atomic E-state index is 0.0488. The molecule has 0 aliphatic carbocycles. The van der Waals surface area contributed by atoms with E-state index in [0.29, 0.717) is 17.4 Å². The highest BCUT2D eigenvalue weighted by atomic mass is 35.5. The highest BCUT2D eigenvalue weighted by molar-refractivity contribution is 6.32. The summed E-state index contributed by atoms with van der Waals surface area (Å²) in [6.07, 6.45) is 6.29. The molecule has 3 saturated heterocycles. The average molecular weight is 386 g/mol. The molecule has 3 aliphatic rings. The van der Waals surface area contributed by atoms with Crippen LogP contribution in [-0.2, 0) is 17.8 Å². The third-order valence-electron chi connectivity index (χ3n) is 5.61. The molecule has 3 aliphatic heterocycles. The SMILES string of the molecule is O=C(Cc1ccc(O)c(Cl)c1)N1C[C@H]2CC[C@@H]1CN(Cc1cccnc1)C2. The first-order valence-corrected chi connectivity index (χ1v) is 9.84. The van der Waals surface area contributed by atoms with Gasteiger partial charge in [0.15, 0.2) is 0 Å². The highest BCUT2D eigenvalue weighted by Gasteiger charge is 2.36.